The fraction of sp³-hybridized carbons (Fsp3) is 0.276. The maximum atomic E-state index is 14.0. The fourth-order valence-electron chi connectivity index (χ4n) is 4.05. The van der Waals surface area contributed by atoms with Crippen LogP contribution in [0.5, 0.6) is 5.75 Å². The number of amides is 3. The van der Waals surface area contributed by atoms with Gasteiger partial charge in [0.05, 0.1) is 6.54 Å². The fourth-order valence-corrected chi connectivity index (χ4v) is 4.05. The van der Waals surface area contributed by atoms with Crippen molar-refractivity contribution in [2.24, 2.45) is 5.73 Å². The number of likely N-dealkylation sites (N-methyl/N-ethyl adjacent to an activating group) is 2. The van der Waals surface area contributed by atoms with Gasteiger partial charge in [0.25, 0.3) is 12.1 Å². The first kappa shape index (κ1) is 27.4. The molecule has 3 aromatic carbocycles. The predicted molar refractivity (Wildman–Crippen MR) is 145 cm³/mol. The number of hydrogen-bond acceptors (Lipinski definition) is 5. The molecule has 194 valence electrons. The first-order valence-electron chi connectivity index (χ1n) is 12.2. The quantitative estimate of drug-likeness (QED) is 0.428. The van der Waals surface area contributed by atoms with Crippen molar-refractivity contribution in [2.45, 2.75) is 27.0 Å². The van der Waals surface area contributed by atoms with Crippen molar-refractivity contribution in [1.29, 1.82) is 0 Å². The van der Waals surface area contributed by atoms with Gasteiger partial charge in [0, 0.05) is 25.0 Å². The smallest absolute Gasteiger partial charge is 0.289 e. The molecule has 1 atom stereocenters. The lowest BCUT2D eigenvalue weighted by Crippen LogP contribution is -2.57. The Bertz CT molecular complexity index is 1200. The molecule has 0 saturated heterocycles. The van der Waals surface area contributed by atoms with Gasteiger partial charge in [-0.3, -0.25) is 19.3 Å². The lowest BCUT2D eigenvalue weighted by Gasteiger charge is -2.34. The lowest BCUT2D eigenvalue weighted by molar-refractivity contribution is -0.150. The Morgan fingerprint density at radius 3 is 1.95 bits per heavy atom. The van der Waals surface area contributed by atoms with Crippen molar-refractivity contribution in [3.63, 3.8) is 0 Å². The molecular weight excluding hydrogens is 468 g/mol. The molecule has 1 unspecified atom stereocenters. The maximum absolute atomic E-state index is 14.0. The molecular formula is C29H34N4O4. The van der Waals surface area contributed by atoms with Gasteiger partial charge in [-0.15, -0.1) is 0 Å². The van der Waals surface area contributed by atoms with E-state index in [2.05, 4.69) is 0 Å². The van der Waals surface area contributed by atoms with E-state index in [1.807, 2.05) is 63.2 Å². The van der Waals surface area contributed by atoms with Crippen molar-refractivity contribution < 1.29 is 19.1 Å². The van der Waals surface area contributed by atoms with Crippen molar-refractivity contribution in [3.05, 3.63) is 90.0 Å². The Morgan fingerprint density at radius 1 is 0.838 bits per heavy atom. The molecule has 3 amide bonds. The van der Waals surface area contributed by atoms with Gasteiger partial charge in [-0.05, 0) is 68.3 Å². The molecule has 0 aliphatic carbocycles. The number of hydrogen-bond donors (Lipinski definition) is 1. The average Bonchev–Trinajstić information content (AvgIpc) is 2.90. The minimum absolute atomic E-state index is 0.332. The highest BCUT2D eigenvalue weighted by Gasteiger charge is 2.36. The van der Waals surface area contributed by atoms with Crippen LogP contribution in [0.25, 0.3) is 0 Å². The Labute approximate surface area is 218 Å². The van der Waals surface area contributed by atoms with E-state index >= 15 is 0 Å². The Hall–Kier alpha value is -4.17. The van der Waals surface area contributed by atoms with E-state index in [4.69, 9.17) is 10.5 Å². The summed E-state index contributed by atoms with van der Waals surface area (Å²) in [4.78, 5) is 44.5. The molecule has 0 saturated carbocycles. The van der Waals surface area contributed by atoms with Gasteiger partial charge in [-0.1, -0.05) is 42.5 Å². The molecule has 0 fully saturated rings. The molecule has 0 radical (unpaired) electrons. The van der Waals surface area contributed by atoms with E-state index in [9.17, 15) is 14.4 Å². The molecule has 8 nitrogen and oxygen atoms in total. The molecule has 0 aliphatic heterocycles. The molecule has 8 heteroatoms. The summed E-state index contributed by atoms with van der Waals surface area (Å²) in [6.07, 6.45) is -1.41. The van der Waals surface area contributed by atoms with Gasteiger partial charge in [-0.25, -0.2) is 0 Å². The van der Waals surface area contributed by atoms with Gasteiger partial charge < -0.3 is 20.3 Å². The van der Waals surface area contributed by atoms with E-state index in [1.54, 1.807) is 48.3 Å². The van der Waals surface area contributed by atoms with Gasteiger partial charge in [-0.2, -0.15) is 0 Å². The van der Waals surface area contributed by atoms with Crippen LogP contribution in [-0.2, 0) is 14.4 Å². The van der Waals surface area contributed by atoms with E-state index < -0.39 is 30.5 Å². The first-order chi connectivity index (χ1) is 17.7. The monoisotopic (exact) mass is 502 g/mol. The van der Waals surface area contributed by atoms with Crippen LogP contribution in [0.3, 0.4) is 0 Å². The molecule has 3 rings (SSSR count). The number of nitrogens with zero attached hydrogens (tertiary/aromatic N) is 3. The SMILES string of the molecule is CCN(C(=O)C(Oc1ccccc1)N(CC(=O)N(C)c1ccccc1)C(=O)CN)c1cc(C)cc(C)c1. The Kier molecular flexibility index (Phi) is 9.40. The third kappa shape index (κ3) is 6.95. The molecule has 0 spiro atoms. The Balaban J connectivity index is 2.01. The summed E-state index contributed by atoms with van der Waals surface area (Å²) in [5, 5.41) is 0. The lowest BCUT2D eigenvalue weighted by atomic mass is 10.1. The van der Waals surface area contributed by atoms with Crippen LogP contribution in [0, 0.1) is 13.8 Å². The number of carbonyl (C=O) groups excluding carboxylic acids is 3. The second-order valence-corrected chi connectivity index (χ2v) is 8.73. The summed E-state index contributed by atoms with van der Waals surface area (Å²) in [6.45, 7) is 5.30. The molecule has 3 aromatic rings. The Morgan fingerprint density at radius 2 is 1.41 bits per heavy atom. The summed E-state index contributed by atoms with van der Waals surface area (Å²) in [5.41, 5.74) is 9.06. The van der Waals surface area contributed by atoms with Crippen LogP contribution in [0.4, 0.5) is 11.4 Å². The van der Waals surface area contributed by atoms with Crippen LogP contribution < -0.4 is 20.3 Å². The average molecular weight is 503 g/mol. The minimum Gasteiger partial charge on any atom is -0.461 e. The number of nitrogens with two attached hydrogens (primary N) is 1. The van der Waals surface area contributed by atoms with E-state index in [0.717, 1.165) is 16.0 Å². The van der Waals surface area contributed by atoms with Crippen molar-refractivity contribution in [2.75, 3.05) is 36.5 Å². The van der Waals surface area contributed by atoms with Crippen LogP contribution in [0.1, 0.15) is 18.1 Å². The number of aryl methyl sites for hydroxylation is 2. The minimum atomic E-state index is -1.41. The maximum Gasteiger partial charge on any atom is 0.289 e. The number of rotatable bonds is 10. The number of anilines is 2. The predicted octanol–water partition coefficient (Wildman–Crippen LogP) is 3.51. The zero-order valence-electron chi connectivity index (χ0n) is 21.8. The molecule has 37 heavy (non-hydrogen) atoms. The zero-order chi connectivity index (χ0) is 26.9. The van der Waals surface area contributed by atoms with E-state index in [1.165, 1.54) is 4.90 Å². The second-order valence-electron chi connectivity index (χ2n) is 8.73. The van der Waals surface area contributed by atoms with Crippen molar-refractivity contribution in [1.82, 2.24) is 4.90 Å². The van der Waals surface area contributed by atoms with Crippen LogP contribution in [-0.4, -0.2) is 55.5 Å². The number of carbonyl (C=O) groups is 3. The second kappa shape index (κ2) is 12.7. The third-order valence-electron chi connectivity index (χ3n) is 5.90. The van der Waals surface area contributed by atoms with E-state index in [0.29, 0.717) is 23.7 Å². The van der Waals surface area contributed by atoms with Crippen LogP contribution in [0.15, 0.2) is 78.9 Å². The van der Waals surface area contributed by atoms with Gasteiger partial charge in [0.1, 0.15) is 12.3 Å². The molecule has 0 aliphatic rings. The van der Waals surface area contributed by atoms with Crippen molar-refractivity contribution in [3.8, 4) is 5.75 Å². The normalized spacial score (nSPS) is 11.4. The van der Waals surface area contributed by atoms with E-state index in [-0.39, 0.29) is 6.54 Å². The number of benzene rings is 3. The van der Waals surface area contributed by atoms with Gasteiger partial charge in [0.15, 0.2) is 0 Å². The largest absolute Gasteiger partial charge is 0.461 e. The highest BCUT2D eigenvalue weighted by atomic mass is 16.5. The summed E-state index contributed by atoms with van der Waals surface area (Å²) in [6, 6.07) is 23.6. The summed E-state index contributed by atoms with van der Waals surface area (Å²) < 4.78 is 6.10. The molecule has 2 N–H and O–H groups in total. The highest BCUT2D eigenvalue weighted by Crippen LogP contribution is 2.23. The summed E-state index contributed by atoms with van der Waals surface area (Å²) in [7, 11) is 1.62. The zero-order valence-corrected chi connectivity index (χ0v) is 21.8. The highest BCUT2D eigenvalue weighted by molar-refractivity contribution is 6.01. The van der Waals surface area contributed by atoms with Crippen LogP contribution in [0.2, 0.25) is 0 Å². The first-order valence-corrected chi connectivity index (χ1v) is 12.2. The van der Waals surface area contributed by atoms with Crippen molar-refractivity contribution >= 4 is 29.1 Å². The summed E-state index contributed by atoms with van der Waals surface area (Å²) >= 11 is 0. The van der Waals surface area contributed by atoms with Gasteiger partial charge >= 0.3 is 0 Å². The standard InChI is InChI=1S/C29H34N4O4/c1-5-32(24-17-21(2)16-22(3)18-24)28(36)29(37-25-14-10-7-11-15-25)33(26(34)19-30)20-27(35)31(4)23-12-8-6-9-13-23/h6-18,29H,5,19-20,30H2,1-4H3. The van der Waals surface area contributed by atoms with Gasteiger partial charge in [0.2, 0.25) is 11.8 Å². The molecule has 0 bridgehead atoms. The number of para-hydroxylation sites is 2. The topological polar surface area (TPSA) is 96.2 Å². The number of ether oxygens (including phenoxy) is 1. The molecule has 0 aromatic heterocycles. The van der Waals surface area contributed by atoms with Crippen LogP contribution >= 0.6 is 0 Å². The third-order valence-corrected chi connectivity index (χ3v) is 5.90. The molecule has 0 heterocycles. The summed E-state index contributed by atoms with van der Waals surface area (Å²) in [5.74, 6) is -1.07.